The average molecular weight is 330 g/mol. The SMILES string of the molecule is C[N+](C)(C)CC(CCOC=Cc1ccccc1)OP(=O)(O)O. The van der Waals surface area contributed by atoms with Crippen molar-refractivity contribution in [2.24, 2.45) is 0 Å². The summed E-state index contributed by atoms with van der Waals surface area (Å²) in [6, 6.07) is 9.72. The van der Waals surface area contributed by atoms with Gasteiger partial charge in [-0.05, 0) is 11.6 Å². The van der Waals surface area contributed by atoms with Crippen LogP contribution in [0, 0.1) is 0 Å². The lowest BCUT2D eigenvalue weighted by molar-refractivity contribution is -0.873. The molecule has 1 aromatic carbocycles. The van der Waals surface area contributed by atoms with E-state index in [-0.39, 0.29) is 0 Å². The van der Waals surface area contributed by atoms with Crippen molar-refractivity contribution in [1.82, 2.24) is 0 Å². The number of hydrogen-bond acceptors (Lipinski definition) is 3. The number of phosphoric acid groups is 1. The Kier molecular flexibility index (Phi) is 7.26. The van der Waals surface area contributed by atoms with Gasteiger partial charge in [-0.1, -0.05) is 30.3 Å². The van der Waals surface area contributed by atoms with Crippen molar-refractivity contribution < 1.29 is 28.1 Å². The lowest BCUT2D eigenvalue weighted by Gasteiger charge is -2.29. The van der Waals surface area contributed by atoms with Crippen LogP contribution in [-0.2, 0) is 13.8 Å². The zero-order valence-electron chi connectivity index (χ0n) is 13.3. The molecular formula is C15H25NO5P+. The Balaban J connectivity index is 2.43. The molecule has 0 spiro atoms. The summed E-state index contributed by atoms with van der Waals surface area (Å²) in [5, 5.41) is 0. The molecule has 22 heavy (non-hydrogen) atoms. The Morgan fingerprint density at radius 3 is 2.41 bits per heavy atom. The van der Waals surface area contributed by atoms with Crippen LogP contribution in [0.25, 0.3) is 6.08 Å². The summed E-state index contributed by atoms with van der Waals surface area (Å²) >= 11 is 0. The number of nitrogens with zero attached hydrogens (tertiary/aromatic N) is 1. The van der Waals surface area contributed by atoms with Gasteiger partial charge in [0.2, 0.25) is 0 Å². The number of likely N-dealkylation sites (N-methyl/N-ethyl adjacent to an activating group) is 1. The van der Waals surface area contributed by atoms with Gasteiger partial charge in [-0.25, -0.2) is 4.57 Å². The molecule has 1 aromatic rings. The minimum absolute atomic E-state index is 0.327. The van der Waals surface area contributed by atoms with Gasteiger partial charge in [0, 0.05) is 6.42 Å². The van der Waals surface area contributed by atoms with E-state index in [0.29, 0.717) is 24.1 Å². The minimum Gasteiger partial charge on any atom is -0.501 e. The molecule has 1 atom stereocenters. The molecule has 0 aliphatic rings. The molecule has 0 saturated heterocycles. The predicted octanol–water partition coefficient (Wildman–Crippen LogP) is 2.25. The second-order valence-corrected chi connectivity index (χ2v) is 7.26. The zero-order chi connectivity index (χ0) is 16.6. The molecule has 0 amide bonds. The number of phosphoric ester groups is 1. The smallest absolute Gasteiger partial charge is 0.470 e. The van der Waals surface area contributed by atoms with Crippen molar-refractivity contribution in [2.45, 2.75) is 12.5 Å². The Morgan fingerprint density at radius 1 is 1.23 bits per heavy atom. The lowest BCUT2D eigenvalue weighted by atomic mass is 10.2. The van der Waals surface area contributed by atoms with Crippen LogP contribution in [0.2, 0.25) is 0 Å². The molecule has 2 N–H and O–H groups in total. The zero-order valence-corrected chi connectivity index (χ0v) is 14.1. The largest absolute Gasteiger partial charge is 0.501 e. The molecule has 0 radical (unpaired) electrons. The van der Waals surface area contributed by atoms with Crippen molar-refractivity contribution in [2.75, 3.05) is 34.3 Å². The highest BCUT2D eigenvalue weighted by Gasteiger charge is 2.26. The van der Waals surface area contributed by atoms with E-state index >= 15 is 0 Å². The molecule has 0 aliphatic heterocycles. The standard InChI is InChI=1S/C15H24NO5P/c1-16(2,3)13-15(21-22(17,18)19)10-12-20-11-9-14-7-5-4-6-8-14/h4-9,11,15H,10,12-13H2,1-3H3,(H-,17,18,19)/p+1. The van der Waals surface area contributed by atoms with Crippen molar-refractivity contribution in [3.05, 3.63) is 42.2 Å². The maximum atomic E-state index is 11.0. The second kappa shape index (κ2) is 8.46. The highest BCUT2D eigenvalue weighted by molar-refractivity contribution is 7.46. The summed E-state index contributed by atoms with van der Waals surface area (Å²) in [5.41, 5.74) is 1.02. The van der Waals surface area contributed by atoms with E-state index in [1.165, 1.54) is 0 Å². The van der Waals surface area contributed by atoms with E-state index in [1.807, 2.05) is 57.6 Å². The van der Waals surface area contributed by atoms with Gasteiger partial charge < -0.3 is 19.0 Å². The fourth-order valence-electron chi connectivity index (χ4n) is 1.94. The Bertz CT molecular complexity index is 506. The second-order valence-electron chi connectivity index (χ2n) is 6.06. The van der Waals surface area contributed by atoms with E-state index in [2.05, 4.69) is 0 Å². The third kappa shape index (κ3) is 9.71. The first-order chi connectivity index (χ1) is 10.2. The highest BCUT2D eigenvalue weighted by atomic mass is 31.2. The van der Waals surface area contributed by atoms with Crippen molar-refractivity contribution in [3.8, 4) is 0 Å². The molecule has 1 unspecified atom stereocenters. The maximum absolute atomic E-state index is 11.0. The summed E-state index contributed by atoms with van der Waals surface area (Å²) in [6.45, 7) is 0.810. The highest BCUT2D eigenvalue weighted by Crippen LogP contribution is 2.38. The van der Waals surface area contributed by atoms with Gasteiger partial charge in [0.1, 0.15) is 12.6 Å². The molecule has 7 heteroatoms. The van der Waals surface area contributed by atoms with E-state index in [4.69, 9.17) is 19.0 Å². The first kappa shape index (κ1) is 18.9. The van der Waals surface area contributed by atoms with Crippen LogP contribution in [0.3, 0.4) is 0 Å². The van der Waals surface area contributed by atoms with Crippen LogP contribution < -0.4 is 0 Å². The molecule has 0 bridgehead atoms. The fraction of sp³-hybridized carbons (Fsp3) is 0.467. The molecule has 124 valence electrons. The Morgan fingerprint density at radius 2 is 1.86 bits per heavy atom. The van der Waals surface area contributed by atoms with Gasteiger partial charge in [-0.15, -0.1) is 0 Å². The maximum Gasteiger partial charge on any atom is 0.470 e. The van der Waals surface area contributed by atoms with Gasteiger partial charge >= 0.3 is 7.82 Å². The molecule has 0 heterocycles. The van der Waals surface area contributed by atoms with E-state index in [9.17, 15) is 4.57 Å². The van der Waals surface area contributed by atoms with Crippen molar-refractivity contribution in [3.63, 3.8) is 0 Å². The quantitative estimate of drug-likeness (QED) is 0.314. The first-order valence-electron chi connectivity index (χ1n) is 7.03. The molecule has 0 fully saturated rings. The lowest BCUT2D eigenvalue weighted by Crippen LogP contribution is -2.42. The third-order valence-electron chi connectivity index (χ3n) is 2.75. The average Bonchev–Trinajstić information content (AvgIpc) is 2.35. The van der Waals surface area contributed by atoms with Crippen molar-refractivity contribution >= 4 is 13.9 Å². The van der Waals surface area contributed by atoms with Gasteiger partial charge in [0.15, 0.2) is 0 Å². The van der Waals surface area contributed by atoms with Gasteiger partial charge in [-0.3, -0.25) is 4.52 Å². The van der Waals surface area contributed by atoms with Crippen LogP contribution in [0.1, 0.15) is 12.0 Å². The first-order valence-corrected chi connectivity index (χ1v) is 8.56. The van der Waals surface area contributed by atoms with Crippen molar-refractivity contribution in [1.29, 1.82) is 0 Å². The predicted molar refractivity (Wildman–Crippen MR) is 85.9 cm³/mol. The van der Waals surface area contributed by atoms with Crippen LogP contribution in [0.4, 0.5) is 0 Å². The molecule has 1 rings (SSSR count). The van der Waals surface area contributed by atoms with Gasteiger partial charge in [0.05, 0.1) is 34.0 Å². The molecule has 0 aromatic heterocycles. The normalized spacial score (nSPS) is 14.2. The number of quaternary nitrogens is 1. The monoisotopic (exact) mass is 330 g/mol. The number of ether oxygens (including phenoxy) is 1. The summed E-state index contributed by atoms with van der Waals surface area (Å²) in [7, 11) is 1.32. The summed E-state index contributed by atoms with van der Waals surface area (Å²) in [4.78, 5) is 17.9. The minimum atomic E-state index is -4.49. The summed E-state index contributed by atoms with van der Waals surface area (Å²) < 4.78 is 21.8. The van der Waals surface area contributed by atoms with Gasteiger partial charge in [-0.2, -0.15) is 0 Å². The van der Waals surface area contributed by atoms with Crippen LogP contribution in [0.5, 0.6) is 0 Å². The molecular weight excluding hydrogens is 305 g/mol. The van der Waals surface area contributed by atoms with Crippen LogP contribution in [-0.4, -0.2) is 54.7 Å². The molecule has 0 aliphatic carbocycles. The topological polar surface area (TPSA) is 76.0 Å². The van der Waals surface area contributed by atoms with Gasteiger partial charge in [0.25, 0.3) is 0 Å². The number of benzene rings is 1. The van der Waals surface area contributed by atoms with Crippen LogP contribution >= 0.6 is 7.82 Å². The summed E-state index contributed by atoms with van der Waals surface area (Å²) in [5.74, 6) is 0. The Hall–Kier alpha value is -1.17. The third-order valence-corrected chi connectivity index (χ3v) is 3.32. The van der Waals surface area contributed by atoms with Crippen LogP contribution in [0.15, 0.2) is 36.6 Å². The van der Waals surface area contributed by atoms with E-state index in [0.717, 1.165) is 5.56 Å². The fourth-order valence-corrected chi connectivity index (χ4v) is 2.50. The molecule has 0 saturated carbocycles. The Labute approximate surface area is 131 Å². The summed E-state index contributed by atoms with van der Waals surface area (Å²) in [6.07, 6.45) is 3.25. The van der Waals surface area contributed by atoms with E-state index in [1.54, 1.807) is 6.26 Å². The van der Waals surface area contributed by atoms with E-state index < -0.39 is 13.9 Å². The number of rotatable bonds is 9. The number of hydrogen-bond donors (Lipinski definition) is 2. The molecule has 6 nitrogen and oxygen atoms in total.